The van der Waals surface area contributed by atoms with E-state index in [0.717, 1.165) is 47.0 Å². The third-order valence-electron chi connectivity index (χ3n) is 5.17. The molecule has 5 nitrogen and oxygen atoms in total. The molecule has 1 saturated carbocycles. The third kappa shape index (κ3) is 4.35. The van der Waals surface area contributed by atoms with Crippen LogP contribution in [0.25, 0.3) is 16.5 Å². The number of allylic oxidation sites excluding steroid dienone is 2. The summed E-state index contributed by atoms with van der Waals surface area (Å²) in [5, 5.41) is 8.77. The van der Waals surface area contributed by atoms with Crippen molar-refractivity contribution < 1.29 is 4.79 Å². The molecule has 0 saturated heterocycles. The molecule has 0 amide bonds. The molecule has 1 heterocycles. The summed E-state index contributed by atoms with van der Waals surface area (Å²) in [4.78, 5) is 13.8. The topological polar surface area (TPSA) is 50.2 Å². The maximum Gasteiger partial charge on any atom is 0.142 e. The first-order valence-electron chi connectivity index (χ1n) is 9.89. The maximum atomic E-state index is 11.7. The Morgan fingerprint density at radius 2 is 2.14 bits per heavy atom. The van der Waals surface area contributed by atoms with Crippen LogP contribution in [-0.2, 0) is 4.79 Å². The first kappa shape index (κ1) is 19.9. The maximum absolute atomic E-state index is 11.7. The molecule has 5 heteroatoms. The molecule has 148 valence electrons. The number of hydrogen-bond acceptors (Lipinski definition) is 4. The second-order valence-corrected chi connectivity index (χ2v) is 7.68. The van der Waals surface area contributed by atoms with Gasteiger partial charge in [0.15, 0.2) is 0 Å². The van der Waals surface area contributed by atoms with Crippen LogP contribution >= 0.6 is 0 Å². The van der Waals surface area contributed by atoms with Gasteiger partial charge in [0.25, 0.3) is 0 Å². The van der Waals surface area contributed by atoms with Gasteiger partial charge in [-0.2, -0.15) is 5.10 Å². The van der Waals surface area contributed by atoms with Crippen LogP contribution in [0.2, 0.25) is 0 Å². The lowest BCUT2D eigenvalue weighted by Crippen LogP contribution is -2.40. The number of aldehydes is 1. The first-order chi connectivity index (χ1) is 13.4. The van der Waals surface area contributed by atoms with E-state index in [-0.39, 0.29) is 6.04 Å². The summed E-state index contributed by atoms with van der Waals surface area (Å²) in [6.07, 6.45) is 9.98. The Morgan fingerprint density at radius 3 is 2.75 bits per heavy atom. The van der Waals surface area contributed by atoms with Crippen LogP contribution in [0, 0.1) is 0 Å². The van der Waals surface area contributed by atoms with Crippen LogP contribution in [0.1, 0.15) is 44.7 Å². The quantitative estimate of drug-likeness (QED) is 0.495. The SMILES string of the molecule is C=C(/C=C\CC(C=O)N(C(=C)NC)C1CC1)c1ccc2nn(C(C)C)cc2c1. The highest BCUT2D eigenvalue weighted by molar-refractivity contribution is 5.84. The van der Waals surface area contributed by atoms with Crippen LogP contribution in [0.4, 0.5) is 0 Å². The summed E-state index contributed by atoms with van der Waals surface area (Å²) >= 11 is 0. The summed E-state index contributed by atoms with van der Waals surface area (Å²) in [5.41, 5.74) is 2.98. The van der Waals surface area contributed by atoms with E-state index in [1.807, 2.05) is 36.0 Å². The van der Waals surface area contributed by atoms with Crippen molar-refractivity contribution >= 4 is 22.8 Å². The van der Waals surface area contributed by atoms with Crippen LogP contribution < -0.4 is 5.32 Å². The largest absolute Gasteiger partial charge is 0.375 e. The van der Waals surface area contributed by atoms with E-state index in [4.69, 9.17) is 0 Å². The number of aromatic nitrogens is 2. The number of carbonyl (C=O) groups excluding carboxylic acids is 1. The van der Waals surface area contributed by atoms with Crippen LogP contribution in [0.15, 0.2) is 55.5 Å². The van der Waals surface area contributed by atoms with Gasteiger partial charge < -0.3 is 15.0 Å². The van der Waals surface area contributed by atoms with Crippen molar-refractivity contribution in [1.29, 1.82) is 0 Å². The van der Waals surface area contributed by atoms with Gasteiger partial charge in [0, 0.05) is 30.7 Å². The zero-order valence-electron chi connectivity index (χ0n) is 17.1. The molecular weight excluding hydrogens is 348 g/mol. The minimum Gasteiger partial charge on any atom is -0.375 e. The molecular formula is C23H30N4O. The summed E-state index contributed by atoms with van der Waals surface area (Å²) in [6.45, 7) is 12.5. The highest BCUT2D eigenvalue weighted by atomic mass is 16.1. The molecule has 28 heavy (non-hydrogen) atoms. The monoisotopic (exact) mass is 378 g/mol. The van der Waals surface area contributed by atoms with E-state index < -0.39 is 0 Å². The van der Waals surface area contributed by atoms with Crippen molar-refractivity contribution in [2.45, 2.75) is 51.2 Å². The van der Waals surface area contributed by atoms with Crippen molar-refractivity contribution in [3.8, 4) is 0 Å². The predicted octanol–water partition coefficient (Wildman–Crippen LogP) is 4.30. The minimum absolute atomic E-state index is 0.205. The number of nitrogens with one attached hydrogen (secondary N) is 1. The molecule has 1 unspecified atom stereocenters. The van der Waals surface area contributed by atoms with Gasteiger partial charge in [-0.05, 0) is 56.4 Å². The lowest BCUT2D eigenvalue weighted by Gasteiger charge is -2.31. The van der Waals surface area contributed by atoms with Crippen molar-refractivity contribution in [3.63, 3.8) is 0 Å². The molecule has 1 atom stereocenters. The van der Waals surface area contributed by atoms with Gasteiger partial charge >= 0.3 is 0 Å². The lowest BCUT2D eigenvalue weighted by molar-refractivity contribution is -0.112. The zero-order valence-corrected chi connectivity index (χ0v) is 17.1. The number of nitrogens with zero attached hydrogens (tertiary/aromatic N) is 3. The van der Waals surface area contributed by atoms with Crippen molar-refractivity contribution in [2.24, 2.45) is 0 Å². The predicted molar refractivity (Wildman–Crippen MR) is 116 cm³/mol. The highest BCUT2D eigenvalue weighted by Gasteiger charge is 2.34. The third-order valence-corrected chi connectivity index (χ3v) is 5.17. The fraction of sp³-hybridized carbons (Fsp3) is 0.391. The van der Waals surface area contributed by atoms with Crippen molar-refractivity contribution in [2.75, 3.05) is 7.05 Å². The van der Waals surface area contributed by atoms with Gasteiger partial charge in [0.2, 0.25) is 0 Å². The Morgan fingerprint density at radius 1 is 1.39 bits per heavy atom. The lowest BCUT2D eigenvalue weighted by atomic mass is 10.0. The molecule has 0 radical (unpaired) electrons. The molecule has 1 N–H and O–H groups in total. The Kier molecular flexibility index (Phi) is 6.02. The molecule has 1 aliphatic carbocycles. The fourth-order valence-electron chi connectivity index (χ4n) is 3.36. The van der Waals surface area contributed by atoms with Crippen LogP contribution in [0.3, 0.4) is 0 Å². The number of fused-ring (bicyclic) bond motifs is 1. The summed E-state index contributed by atoms with van der Waals surface area (Å²) < 4.78 is 1.98. The Balaban J connectivity index is 1.69. The second-order valence-electron chi connectivity index (χ2n) is 7.68. The van der Waals surface area contributed by atoms with Crippen LogP contribution in [-0.4, -0.2) is 40.1 Å². The molecule has 0 aliphatic heterocycles. The fourth-order valence-corrected chi connectivity index (χ4v) is 3.36. The van der Waals surface area contributed by atoms with Gasteiger partial charge in [-0.1, -0.05) is 31.4 Å². The minimum atomic E-state index is -0.205. The molecule has 1 aromatic heterocycles. The first-order valence-corrected chi connectivity index (χ1v) is 9.89. The zero-order chi connectivity index (χ0) is 20.3. The molecule has 3 rings (SSSR count). The summed E-state index contributed by atoms with van der Waals surface area (Å²) in [5.74, 6) is 0.805. The average molecular weight is 379 g/mol. The van der Waals surface area contributed by atoms with E-state index in [9.17, 15) is 4.79 Å². The van der Waals surface area contributed by atoms with Gasteiger partial charge in [-0.3, -0.25) is 4.68 Å². The Hall–Kier alpha value is -2.82. The summed E-state index contributed by atoms with van der Waals surface area (Å²) in [7, 11) is 1.84. The number of benzene rings is 1. The standard InChI is InChI=1S/C23H30N4O/c1-16(2)26-14-20-13-19(9-12-23(20)25-26)17(3)7-6-8-22(15-28)27(18(4)24-5)21-10-11-21/h6-7,9,12-16,21-22,24H,3-4,8,10-11H2,1-2,5H3/b7-6-. The molecule has 1 aliphatic rings. The molecule has 2 aromatic rings. The van der Waals surface area contributed by atoms with E-state index >= 15 is 0 Å². The average Bonchev–Trinajstić information content (AvgIpc) is 3.42. The summed E-state index contributed by atoms with van der Waals surface area (Å²) in [6, 6.07) is 6.74. The van der Waals surface area contributed by atoms with Crippen molar-refractivity contribution in [1.82, 2.24) is 20.0 Å². The molecule has 0 bridgehead atoms. The smallest absolute Gasteiger partial charge is 0.142 e. The van der Waals surface area contributed by atoms with E-state index in [2.05, 4.69) is 54.6 Å². The van der Waals surface area contributed by atoms with E-state index in [1.54, 1.807) is 0 Å². The molecule has 1 aromatic carbocycles. The molecule has 0 spiro atoms. The van der Waals surface area contributed by atoms with E-state index in [0.29, 0.717) is 18.5 Å². The van der Waals surface area contributed by atoms with E-state index in [1.165, 1.54) is 0 Å². The van der Waals surface area contributed by atoms with Gasteiger partial charge in [-0.25, -0.2) is 0 Å². The normalized spacial score (nSPS) is 15.1. The second kappa shape index (κ2) is 8.46. The van der Waals surface area contributed by atoms with Crippen molar-refractivity contribution in [3.05, 3.63) is 61.1 Å². The van der Waals surface area contributed by atoms with Gasteiger partial charge in [-0.15, -0.1) is 0 Å². The molecule has 1 fully saturated rings. The number of rotatable bonds is 10. The Labute approximate surface area is 167 Å². The van der Waals surface area contributed by atoms with Crippen LogP contribution in [0.5, 0.6) is 0 Å². The van der Waals surface area contributed by atoms with Gasteiger partial charge in [0.05, 0.1) is 17.4 Å². The Bertz CT molecular complexity index is 904. The number of hydrogen-bond donors (Lipinski definition) is 1. The number of carbonyl (C=O) groups is 1. The highest BCUT2D eigenvalue weighted by Crippen LogP contribution is 2.31. The van der Waals surface area contributed by atoms with Gasteiger partial charge in [0.1, 0.15) is 6.29 Å².